The number of carbonyl (C=O) groups is 2. The van der Waals surface area contributed by atoms with E-state index in [0.29, 0.717) is 12.8 Å². The average Bonchev–Trinajstić information content (AvgIpc) is 2.10. The van der Waals surface area contributed by atoms with E-state index in [0.717, 1.165) is 0 Å². The second kappa shape index (κ2) is 6.54. The molecule has 0 saturated carbocycles. The molecule has 0 radical (unpaired) electrons. The van der Waals surface area contributed by atoms with Crippen LogP contribution in [0.1, 0.15) is 33.6 Å². The van der Waals surface area contributed by atoms with Gasteiger partial charge in [0.05, 0.1) is 7.11 Å². The second-order valence-corrected chi connectivity index (χ2v) is 3.64. The third-order valence-electron chi connectivity index (χ3n) is 1.81. The van der Waals surface area contributed by atoms with Crippen molar-refractivity contribution in [2.45, 2.75) is 45.7 Å². The summed E-state index contributed by atoms with van der Waals surface area (Å²) in [5.74, 6) is -0.218. The number of ether oxygens (including phenoxy) is 1. The first-order valence-corrected chi connectivity index (χ1v) is 4.80. The lowest BCUT2D eigenvalue weighted by Gasteiger charge is -2.18. The number of methoxy groups -OCH3 is 1. The van der Waals surface area contributed by atoms with E-state index in [1.54, 1.807) is 0 Å². The maximum Gasteiger partial charge on any atom is 0.322 e. The topological polar surface area (TPSA) is 55.4 Å². The third kappa shape index (κ3) is 5.70. The molecule has 1 atom stereocenters. The van der Waals surface area contributed by atoms with Gasteiger partial charge in [0.2, 0.25) is 0 Å². The Hall–Kier alpha value is -0.900. The molecule has 0 aliphatic heterocycles. The first-order valence-electron chi connectivity index (χ1n) is 4.80. The number of rotatable bonds is 6. The van der Waals surface area contributed by atoms with Crippen LogP contribution >= 0.6 is 0 Å². The Morgan fingerprint density at radius 2 is 1.93 bits per heavy atom. The van der Waals surface area contributed by atoms with Crippen LogP contribution < -0.4 is 5.32 Å². The summed E-state index contributed by atoms with van der Waals surface area (Å²) >= 11 is 0. The summed E-state index contributed by atoms with van der Waals surface area (Å²) in [5.41, 5.74) is 0. The Morgan fingerprint density at radius 3 is 2.29 bits per heavy atom. The highest BCUT2D eigenvalue weighted by Gasteiger charge is 2.19. The molecule has 1 N–H and O–H groups in total. The van der Waals surface area contributed by atoms with Crippen LogP contribution in [-0.2, 0) is 14.3 Å². The summed E-state index contributed by atoms with van der Waals surface area (Å²) in [6.45, 7) is 5.41. The fourth-order valence-corrected chi connectivity index (χ4v) is 1.16. The SMILES string of the molecule is COC(=O)[C@H](CCC(C)=O)NC(C)C. The summed E-state index contributed by atoms with van der Waals surface area (Å²) in [6.07, 6.45) is 0.902. The number of hydrogen-bond acceptors (Lipinski definition) is 4. The molecule has 4 nitrogen and oxygen atoms in total. The molecule has 4 heteroatoms. The van der Waals surface area contributed by atoms with E-state index in [2.05, 4.69) is 10.1 Å². The molecule has 0 fully saturated rings. The molecule has 14 heavy (non-hydrogen) atoms. The van der Waals surface area contributed by atoms with E-state index in [4.69, 9.17) is 0 Å². The van der Waals surface area contributed by atoms with Crippen LogP contribution in [-0.4, -0.2) is 30.9 Å². The van der Waals surface area contributed by atoms with E-state index in [1.807, 2.05) is 13.8 Å². The van der Waals surface area contributed by atoms with Gasteiger partial charge in [0.1, 0.15) is 11.8 Å². The minimum atomic E-state index is -0.371. The van der Waals surface area contributed by atoms with E-state index in [9.17, 15) is 9.59 Å². The maximum absolute atomic E-state index is 11.3. The Kier molecular flexibility index (Phi) is 6.12. The number of carbonyl (C=O) groups excluding carboxylic acids is 2. The van der Waals surface area contributed by atoms with Crippen molar-refractivity contribution in [1.82, 2.24) is 5.32 Å². The minimum absolute atomic E-state index is 0.0875. The van der Waals surface area contributed by atoms with E-state index >= 15 is 0 Å². The highest BCUT2D eigenvalue weighted by atomic mass is 16.5. The van der Waals surface area contributed by atoms with Gasteiger partial charge < -0.3 is 14.8 Å². The van der Waals surface area contributed by atoms with Crippen molar-refractivity contribution < 1.29 is 14.3 Å². The van der Waals surface area contributed by atoms with Crippen molar-refractivity contribution in [3.8, 4) is 0 Å². The quantitative estimate of drug-likeness (QED) is 0.648. The molecule has 0 bridgehead atoms. The van der Waals surface area contributed by atoms with Gasteiger partial charge in [-0.2, -0.15) is 0 Å². The average molecular weight is 201 g/mol. The molecule has 82 valence electrons. The fraction of sp³-hybridized carbons (Fsp3) is 0.800. The van der Waals surface area contributed by atoms with E-state index < -0.39 is 0 Å². The largest absolute Gasteiger partial charge is 0.468 e. The van der Waals surface area contributed by atoms with Gasteiger partial charge in [0.25, 0.3) is 0 Å². The van der Waals surface area contributed by atoms with Crippen molar-refractivity contribution in [1.29, 1.82) is 0 Å². The van der Waals surface area contributed by atoms with Gasteiger partial charge in [-0.1, -0.05) is 13.8 Å². The van der Waals surface area contributed by atoms with Crippen molar-refractivity contribution in [2.75, 3.05) is 7.11 Å². The lowest BCUT2D eigenvalue weighted by atomic mass is 10.1. The number of hydrogen-bond donors (Lipinski definition) is 1. The molecule has 0 amide bonds. The predicted octanol–water partition coefficient (Wildman–Crippen LogP) is 0.895. The summed E-state index contributed by atoms with van der Waals surface area (Å²) < 4.78 is 4.63. The van der Waals surface area contributed by atoms with E-state index in [-0.39, 0.29) is 23.8 Å². The monoisotopic (exact) mass is 201 g/mol. The van der Waals surface area contributed by atoms with Crippen LogP contribution in [0.4, 0.5) is 0 Å². The third-order valence-corrected chi connectivity index (χ3v) is 1.81. The molecule has 0 heterocycles. The maximum atomic E-state index is 11.3. The number of nitrogens with one attached hydrogen (secondary N) is 1. The predicted molar refractivity (Wildman–Crippen MR) is 54.0 cm³/mol. The van der Waals surface area contributed by atoms with Gasteiger partial charge in [-0.05, 0) is 13.3 Å². The molecule has 0 spiro atoms. The first kappa shape index (κ1) is 13.1. The Bertz CT molecular complexity index is 202. The summed E-state index contributed by atoms with van der Waals surface area (Å²) in [7, 11) is 1.35. The highest BCUT2D eigenvalue weighted by molar-refractivity contribution is 5.79. The van der Waals surface area contributed by atoms with Gasteiger partial charge >= 0.3 is 5.97 Å². The lowest BCUT2D eigenvalue weighted by Crippen LogP contribution is -2.41. The van der Waals surface area contributed by atoms with E-state index in [1.165, 1.54) is 14.0 Å². The molecule has 0 aromatic carbocycles. The summed E-state index contributed by atoms with van der Waals surface area (Å²) in [5, 5.41) is 3.06. The summed E-state index contributed by atoms with van der Waals surface area (Å²) in [6, 6.07) is -0.171. The lowest BCUT2D eigenvalue weighted by molar-refractivity contribution is -0.143. The Labute approximate surface area is 85.0 Å². The Balaban J connectivity index is 4.10. The van der Waals surface area contributed by atoms with Crippen LogP contribution in [0.2, 0.25) is 0 Å². The molecule has 0 unspecified atom stereocenters. The number of ketones is 1. The number of esters is 1. The molecule has 0 aliphatic carbocycles. The molecule has 0 rings (SSSR count). The zero-order chi connectivity index (χ0) is 11.1. The normalized spacial score (nSPS) is 12.6. The smallest absolute Gasteiger partial charge is 0.322 e. The molecule has 0 aliphatic rings. The molecule has 0 aromatic heterocycles. The molecule has 0 saturated heterocycles. The van der Waals surface area contributed by atoms with Gasteiger partial charge in [0, 0.05) is 12.5 Å². The van der Waals surface area contributed by atoms with Crippen LogP contribution in [0.5, 0.6) is 0 Å². The van der Waals surface area contributed by atoms with Crippen LogP contribution in [0, 0.1) is 0 Å². The molecular weight excluding hydrogens is 182 g/mol. The molecular formula is C10H19NO3. The number of Topliss-reactive ketones (excluding diaryl/α,β-unsaturated/α-hetero) is 1. The fourth-order valence-electron chi connectivity index (χ4n) is 1.16. The van der Waals surface area contributed by atoms with Gasteiger partial charge in [-0.15, -0.1) is 0 Å². The first-order chi connectivity index (χ1) is 6.47. The highest BCUT2D eigenvalue weighted by Crippen LogP contribution is 2.01. The minimum Gasteiger partial charge on any atom is -0.468 e. The van der Waals surface area contributed by atoms with Crippen LogP contribution in [0.25, 0.3) is 0 Å². The second-order valence-electron chi connectivity index (χ2n) is 3.64. The summed E-state index contributed by atoms with van der Waals surface area (Å²) in [4.78, 5) is 22.0. The zero-order valence-corrected chi connectivity index (χ0v) is 9.29. The van der Waals surface area contributed by atoms with Crippen LogP contribution in [0.15, 0.2) is 0 Å². The Morgan fingerprint density at radius 1 is 1.36 bits per heavy atom. The van der Waals surface area contributed by atoms with Crippen molar-refractivity contribution in [3.63, 3.8) is 0 Å². The van der Waals surface area contributed by atoms with Crippen molar-refractivity contribution in [2.24, 2.45) is 0 Å². The zero-order valence-electron chi connectivity index (χ0n) is 9.29. The standard InChI is InChI=1S/C10H19NO3/c1-7(2)11-9(10(13)14-4)6-5-8(3)12/h7,9,11H,5-6H2,1-4H3/t9-/m0/s1. The van der Waals surface area contributed by atoms with Crippen molar-refractivity contribution >= 4 is 11.8 Å². The van der Waals surface area contributed by atoms with Gasteiger partial charge in [-0.25, -0.2) is 0 Å². The van der Waals surface area contributed by atoms with Gasteiger partial charge in [-0.3, -0.25) is 4.79 Å². The van der Waals surface area contributed by atoms with Gasteiger partial charge in [0.15, 0.2) is 0 Å². The van der Waals surface area contributed by atoms with Crippen LogP contribution in [0.3, 0.4) is 0 Å². The molecule has 0 aromatic rings. The van der Waals surface area contributed by atoms with Crippen molar-refractivity contribution in [3.05, 3.63) is 0 Å².